The second-order valence-corrected chi connectivity index (χ2v) is 7.25. The Morgan fingerprint density at radius 3 is 2.38 bits per heavy atom. The zero-order chi connectivity index (χ0) is 20.8. The van der Waals surface area contributed by atoms with Crippen LogP contribution in [0, 0.1) is 12.7 Å². The van der Waals surface area contributed by atoms with Crippen molar-refractivity contribution in [1.82, 2.24) is 0 Å². The first kappa shape index (κ1) is 20.5. The number of halogens is 2. The molecular weight excluding hydrogens is 437 g/mol. The number of hydrogen-bond donors (Lipinski definition) is 3. The maximum absolute atomic E-state index is 13.0. The van der Waals surface area contributed by atoms with Crippen molar-refractivity contribution in [3.05, 3.63) is 88.1 Å². The summed E-state index contributed by atoms with van der Waals surface area (Å²) < 4.78 is 13.8. The van der Waals surface area contributed by atoms with Gasteiger partial charge in [0, 0.05) is 15.8 Å². The first-order valence-electron chi connectivity index (χ1n) is 8.88. The van der Waals surface area contributed by atoms with Crippen molar-refractivity contribution in [2.75, 3.05) is 22.5 Å². The summed E-state index contributed by atoms with van der Waals surface area (Å²) in [5.41, 5.74) is 3.12. The van der Waals surface area contributed by atoms with E-state index in [0.717, 1.165) is 10.0 Å². The highest BCUT2D eigenvalue weighted by atomic mass is 79.9. The number of hydrogen-bond acceptors (Lipinski definition) is 3. The van der Waals surface area contributed by atoms with Crippen LogP contribution in [0.5, 0.6) is 0 Å². The number of nitrogens with one attached hydrogen (secondary N) is 3. The van der Waals surface area contributed by atoms with Gasteiger partial charge in [-0.15, -0.1) is 0 Å². The molecule has 0 aliphatic heterocycles. The molecule has 0 aliphatic carbocycles. The van der Waals surface area contributed by atoms with Gasteiger partial charge in [0.2, 0.25) is 5.91 Å². The summed E-state index contributed by atoms with van der Waals surface area (Å²) in [7, 11) is 0. The minimum atomic E-state index is -0.378. The van der Waals surface area contributed by atoms with Gasteiger partial charge in [0.1, 0.15) is 5.82 Å². The molecule has 2 amide bonds. The second-order valence-electron chi connectivity index (χ2n) is 6.39. The molecule has 0 unspecified atom stereocenters. The molecule has 3 rings (SSSR count). The van der Waals surface area contributed by atoms with E-state index in [2.05, 4.69) is 31.9 Å². The minimum absolute atomic E-state index is 0.0127. The number of aryl methyl sites for hydroxylation is 1. The van der Waals surface area contributed by atoms with Crippen LogP contribution in [-0.2, 0) is 4.79 Å². The van der Waals surface area contributed by atoms with E-state index in [1.54, 1.807) is 24.3 Å². The first-order valence-corrected chi connectivity index (χ1v) is 9.67. The molecule has 0 fully saturated rings. The normalized spacial score (nSPS) is 10.3. The molecule has 0 saturated heterocycles. The van der Waals surface area contributed by atoms with Gasteiger partial charge in [0.25, 0.3) is 5.91 Å². The molecular formula is C22H19BrFN3O2. The van der Waals surface area contributed by atoms with E-state index in [1.165, 1.54) is 24.3 Å². The molecule has 0 spiro atoms. The standard InChI is InChI=1S/C22H19BrFN3O2/c1-14-6-11-20(18(23)12-14)27-21(28)13-25-19-5-3-2-4-17(19)22(29)26-16-9-7-15(24)8-10-16/h2-12,25H,13H2,1H3,(H,26,29)(H,27,28). The number of anilines is 3. The molecule has 0 aromatic heterocycles. The summed E-state index contributed by atoms with van der Waals surface area (Å²) in [6, 6.07) is 18.0. The summed E-state index contributed by atoms with van der Waals surface area (Å²) in [6.07, 6.45) is 0. The number of carbonyl (C=O) groups excluding carboxylic acids is 2. The molecule has 0 bridgehead atoms. The molecule has 148 valence electrons. The van der Waals surface area contributed by atoms with Crippen molar-refractivity contribution in [2.24, 2.45) is 0 Å². The van der Waals surface area contributed by atoms with Crippen molar-refractivity contribution >= 4 is 44.8 Å². The number of para-hydroxylation sites is 1. The van der Waals surface area contributed by atoms with Gasteiger partial charge in [0.15, 0.2) is 0 Å². The van der Waals surface area contributed by atoms with Crippen molar-refractivity contribution in [1.29, 1.82) is 0 Å². The summed E-state index contributed by atoms with van der Waals surface area (Å²) in [4.78, 5) is 24.9. The number of carbonyl (C=O) groups is 2. The molecule has 3 aromatic carbocycles. The first-order chi connectivity index (χ1) is 13.9. The van der Waals surface area contributed by atoms with Crippen molar-refractivity contribution < 1.29 is 14.0 Å². The van der Waals surface area contributed by atoms with Gasteiger partial charge < -0.3 is 16.0 Å². The predicted molar refractivity (Wildman–Crippen MR) is 117 cm³/mol. The Hall–Kier alpha value is -3.19. The summed E-state index contributed by atoms with van der Waals surface area (Å²) in [6.45, 7) is 1.95. The zero-order valence-corrected chi connectivity index (χ0v) is 17.2. The third kappa shape index (κ3) is 5.65. The van der Waals surface area contributed by atoms with Crippen LogP contribution in [0.15, 0.2) is 71.2 Å². The monoisotopic (exact) mass is 455 g/mol. The lowest BCUT2D eigenvalue weighted by atomic mass is 10.1. The van der Waals surface area contributed by atoms with Crippen LogP contribution >= 0.6 is 15.9 Å². The van der Waals surface area contributed by atoms with Crippen LogP contribution in [0.2, 0.25) is 0 Å². The van der Waals surface area contributed by atoms with Crippen LogP contribution in [-0.4, -0.2) is 18.4 Å². The fourth-order valence-corrected chi connectivity index (χ4v) is 3.25. The van der Waals surface area contributed by atoms with E-state index in [9.17, 15) is 14.0 Å². The Bertz CT molecular complexity index is 1040. The largest absolute Gasteiger partial charge is 0.376 e. The van der Waals surface area contributed by atoms with Gasteiger partial charge in [-0.25, -0.2) is 4.39 Å². The van der Waals surface area contributed by atoms with Crippen molar-refractivity contribution in [3.63, 3.8) is 0 Å². The zero-order valence-electron chi connectivity index (χ0n) is 15.6. The second kappa shape index (κ2) is 9.34. The van der Waals surface area contributed by atoms with E-state index in [4.69, 9.17) is 0 Å². The number of benzene rings is 3. The average molecular weight is 456 g/mol. The fraction of sp³-hybridized carbons (Fsp3) is 0.0909. The fourth-order valence-electron chi connectivity index (χ4n) is 2.66. The topological polar surface area (TPSA) is 70.2 Å². The number of rotatable bonds is 6. The lowest BCUT2D eigenvalue weighted by Crippen LogP contribution is -2.23. The maximum atomic E-state index is 13.0. The minimum Gasteiger partial charge on any atom is -0.376 e. The molecule has 5 nitrogen and oxygen atoms in total. The van der Waals surface area contributed by atoms with Crippen LogP contribution in [0.1, 0.15) is 15.9 Å². The van der Waals surface area contributed by atoms with E-state index in [0.29, 0.717) is 22.6 Å². The van der Waals surface area contributed by atoms with Gasteiger partial charge in [-0.2, -0.15) is 0 Å². The van der Waals surface area contributed by atoms with Crippen LogP contribution in [0.25, 0.3) is 0 Å². The molecule has 3 aromatic rings. The predicted octanol–water partition coefficient (Wildman–Crippen LogP) is 5.20. The molecule has 0 saturated carbocycles. The SMILES string of the molecule is Cc1ccc(NC(=O)CNc2ccccc2C(=O)Nc2ccc(F)cc2)c(Br)c1. The van der Waals surface area contributed by atoms with E-state index < -0.39 is 0 Å². The molecule has 0 aliphatic rings. The third-order valence-corrected chi connectivity index (χ3v) is 4.77. The molecule has 0 atom stereocenters. The van der Waals surface area contributed by atoms with E-state index in [1.807, 2.05) is 25.1 Å². The lowest BCUT2D eigenvalue weighted by Gasteiger charge is -2.13. The molecule has 29 heavy (non-hydrogen) atoms. The van der Waals surface area contributed by atoms with E-state index in [-0.39, 0.29) is 24.2 Å². The highest BCUT2D eigenvalue weighted by molar-refractivity contribution is 9.10. The van der Waals surface area contributed by atoms with Crippen LogP contribution in [0.4, 0.5) is 21.5 Å². The quantitative estimate of drug-likeness (QED) is 0.478. The van der Waals surface area contributed by atoms with Crippen LogP contribution in [0.3, 0.4) is 0 Å². The molecule has 7 heteroatoms. The van der Waals surface area contributed by atoms with Gasteiger partial charge in [-0.3, -0.25) is 9.59 Å². The summed E-state index contributed by atoms with van der Waals surface area (Å²) >= 11 is 3.43. The third-order valence-electron chi connectivity index (χ3n) is 4.11. The summed E-state index contributed by atoms with van der Waals surface area (Å²) in [5, 5.41) is 8.52. The average Bonchev–Trinajstić information content (AvgIpc) is 2.70. The van der Waals surface area contributed by atoms with Gasteiger partial charge in [-0.1, -0.05) is 18.2 Å². The maximum Gasteiger partial charge on any atom is 0.257 e. The van der Waals surface area contributed by atoms with Crippen molar-refractivity contribution in [2.45, 2.75) is 6.92 Å². The Balaban J connectivity index is 1.64. The Kier molecular flexibility index (Phi) is 6.61. The highest BCUT2D eigenvalue weighted by Crippen LogP contribution is 2.23. The van der Waals surface area contributed by atoms with Gasteiger partial charge in [0.05, 0.1) is 17.8 Å². The van der Waals surface area contributed by atoms with Gasteiger partial charge >= 0.3 is 0 Å². The molecule has 0 radical (unpaired) electrons. The number of amides is 2. The Morgan fingerprint density at radius 1 is 0.931 bits per heavy atom. The van der Waals surface area contributed by atoms with Gasteiger partial charge in [-0.05, 0) is 76.9 Å². The van der Waals surface area contributed by atoms with E-state index >= 15 is 0 Å². The summed E-state index contributed by atoms with van der Waals surface area (Å²) in [5.74, 6) is -0.985. The van der Waals surface area contributed by atoms with Crippen molar-refractivity contribution in [3.8, 4) is 0 Å². The molecule has 3 N–H and O–H groups in total. The smallest absolute Gasteiger partial charge is 0.257 e. The van der Waals surface area contributed by atoms with Crippen LogP contribution < -0.4 is 16.0 Å². The Morgan fingerprint density at radius 2 is 1.66 bits per heavy atom. The Labute approximate surface area is 176 Å². The molecule has 0 heterocycles. The lowest BCUT2D eigenvalue weighted by molar-refractivity contribution is -0.114. The highest BCUT2D eigenvalue weighted by Gasteiger charge is 2.13.